The lowest BCUT2D eigenvalue weighted by atomic mass is 10.6. The van der Waals surface area contributed by atoms with Gasteiger partial charge in [-0.25, -0.2) is 0 Å². The normalized spacial score (nSPS) is 15.3. The molecule has 0 rings (SSSR count). The predicted molar refractivity (Wildman–Crippen MR) is 98.9 cm³/mol. The van der Waals surface area contributed by atoms with Crippen LogP contribution in [0.15, 0.2) is 22.9 Å². The Kier molecular flexibility index (Phi) is 7.04. The predicted octanol–water partition coefficient (Wildman–Crippen LogP) is 5.40. The number of rotatable bonds is 7. The van der Waals surface area contributed by atoms with Gasteiger partial charge in [-0.2, -0.15) is 0 Å². The fourth-order valence-electron chi connectivity index (χ4n) is 1.53. The van der Waals surface area contributed by atoms with Crippen molar-refractivity contribution in [2.24, 2.45) is 0 Å². The summed E-state index contributed by atoms with van der Waals surface area (Å²) in [6, 6.07) is 0. The van der Waals surface area contributed by atoms with Crippen LogP contribution >= 0.6 is 0 Å². The topological polar surface area (TPSA) is 18.5 Å². The molecule has 0 spiro atoms. The highest BCUT2D eigenvalue weighted by molar-refractivity contribution is 6.85. The van der Waals surface area contributed by atoms with Gasteiger partial charge in [0.1, 0.15) is 0 Å². The van der Waals surface area contributed by atoms with Crippen molar-refractivity contribution in [2.75, 3.05) is 6.61 Å². The first-order valence-electron chi connectivity index (χ1n) is 7.52. The van der Waals surface area contributed by atoms with Crippen LogP contribution in [0.25, 0.3) is 0 Å². The molecule has 2 nitrogen and oxygen atoms in total. The van der Waals surface area contributed by atoms with Gasteiger partial charge in [0, 0.05) is 5.20 Å². The molecule has 5 heteroatoms. The molecule has 20 heavy (non-hydrogen) atoms. The van der Waals surface area contributed by atoms with Crippen molar-refractivity contribution in [1.29, 1.82) is 0 Å². The fourth-order valence-corrected chi connectivity index (χ4v) is 4.51. The molecule has 0 radical (unpaired) electrons. The zero-order chi connectivity index (χ0) is 16.2. The summed E-state index contributed by atoms with van der Waals surface area (Å²) in [5.74, 6) is 0.792. The van der Waals surface area contributed by atoms with Crippen LogP contribution in [0.3, 0.4) is 0 Å². The zero-order valence-electron chi connectivity index (χ0n) is 15.2. The average molecular weight is 331 g/mol. The van der Waals surface area contributed by atoms with Gasteiger partial charge in [-0.3, -0.25) is 0 Å². The second-order valence-corrected chi connectivity index (χ2v) is 22.8. The maximum absolute atomic E-state index is 6.23. The number of hydrogen-bond donors (Lipinski definition) is 0. The molecule has 0 heterocycles. The molecule has 0 atom stereocenters. The van der Waals surface area contributed by atoms with E-state index >= 15 is 0 Å². The summed E-state index contributed by atoms with van der Waals surface area (Å²) in [7, 11) is -4.37. The van der Waals surface area contributed by atoms with Crippen molar-refractivity contribution < 1.29 is 9.16 Å². The van der Waals surface area contributed by atoms with Crippen LogP contribution in [0.5, 0.6) is 0 Å². The van der Waals surface area contributed by atoms with Crippen LogP contribution in [0, 0.1) is 0 Å². The van der Waals surface area contributed by atoms with E-state index in [-0.39, 0.29) is 0 Å². The number of ether oxygens (including phenoxy) is 1. The van der Waals surface area contributed by atoms with Gasteiger partial charge < -0.3 is 9.16 Å². The Labute approximate surface area is 129 Å². The maximum Gasteiger partial charge on any atom is 0.264 e. The van der Waals surface area contributed by atoms with Gasteiger partial charge in [-0.05, 0) is 26.6 Å². The van der Waals surface area contributed by atoms with E-state index in [1.165, 1.54) is 5.20 Å². The van der Waals surface area contributed by atoms with Gasteiger partial charge in [0.15, 0.2) is 0 Å². The maximum atomic E-state index is 6.23. The molecule has 118 valence electrons. The van der Waals surface area contributed by atoms with E-state index < -0.39 is 24.5 Å². The Bertz CT molecular complexity index is 366. The first-order valence-corrected chi connectivity index (χ1v) is 18.0. The zero-order valence-corrected chi connectivity index (χ0v) is 18.2. The minimum atomic E-state index is -1.66. The van der Waals surface area contributed by atoms with Gasteiger partial charge in [-0.15, -0.1) is 0 Å². The van der Waals surface area contributed by atoms with Crippen molar-refractivity contribution in [3.8, 4) is 0 Å². The molecule has 0 aromatic rings. The van der Waals surface area contributed by atoms with Crippen molar-refractivity contribution in [3.05, 3.63) is 22.9 Å². The average Bonchev–Trinajstić information content (AvgIpc) is 2.10. The summed E-state index contributed by atoms with van der Waals surface area (Å²) < 4.78 is 12.1. The Morgan fingerprint density at radius 3 is 1.70 bits per heavy atom. The van der Waals surface area contributed by atoms with Crippen LogP contribution < -0.4 is 0 Å². The molecule has 0 aromatic carbocycles. The fraction of sp³-hybridized carbons (Fsp3) is 0.733. The van der Waals surface area contributed by atoms with Crippen molar-refractivity contribution >= 4 is 24.5 Å². The monoisotopic (exact) mass is 330 g/mol. The van der Waals surface area contributed by atoms with Crippen molar-refractivity contribution in [3.63, 3.8) is 0 Å². The van der Waals surface area contributed by atoms with Crippen LogP contribution in [0.1, 0.15) is 6.92 Å². The third kappa shape index (κ3) is 8.81. The molecule has 0 saturated heterocycles. The molecule has 0 fully saturated rings. The molecule has 0 saturated carbocycles. The Morgan fingerprint density at radius 2 is 1.40 bits per heavy atom. The SMILES string of the molecule is CCO/C(O[Si](C)(C)C)=C(/C=C/[Si](C)(C)C)[Si](C)(C)C. The third-order valence-corrected chi connectivity index (χ3v) is 6.40. The van der Waals surface area contributed by atoms with Gasteiger partial charge in [0.25, 0.3) is 5.95 Å². The van der Waals surface area contributed by atoms with E-state index in [1.54, 1.807) is 0 Å². The number of hydrogen-bond acceptors (Lipinski definition) is 2. The third-order valence-electron chi connectivity index (χ3n) is 2.45. The standard InChI is InChI=1S/C15H34O2Si3/c1-11-16-15(17-20(8,9)10)14(19(5,6)7)12-13-18(2,3)4/h12-13H,11H2,1-10H3/b13-12+,15-14+. The summed E-state index contributed by atoms with van der Waals surface area (Å²) in [6.07, 6.45) is 2.30. The Morgan fingerprint density at radius 1 is 0.900 bits per heavy atom. The van der Waals surface area contributed by atoms with E-state index in [9.17, 15) is 0 Å². The van der Waals surface area contributed by atoms with Crippen LogP contribution in [0.4, 0.5) is 0 Å². The molecule has 0 unspecified atom stereocenters. The summed E-state index contributed by atoms with van der Waals surface area (Å²) >= 11 is 0. The highest BCUT2D eigenvalue weighted by Gasteiger charge is 2.28. The number of allylic oxidation sites excluding steroid dienone is 2. The second kappa shape index (κ2) is 7.13. The Hall–Kier alpha value is -0.269. The lowest BCUT2D eigenvalue weighted by Crippen LogP contribution is -2.31. The minimum absolute atomic E-state index is 0.661. The molecule has 0 N–H and O–H groups in total. The van der Waals surface area contributed by atoms with Crippen molar-refractivity contribution in [1.82, 2.24) is 0 Å². The first kappa shape index (κ1) is 19.7. The summed E-state index contributed by atoms with van der Waals surface area (Å²) in [5, 5.41) is 1.31. The molecule has 0 aliphatic heterocycles. The first-order chi connectivity index (χ1) is 8.76. The van der Waals surface area contributed by atoms with E-state index in [0.717, 1.165) is 5.95 Å². The molecule has 0 bridgehead atoms. The quantitative estimate of drug-likeness (QED) is 0.353. The summed E-state index contributed by atoms with van der Waals surface area (Å²) in [6.45, 7) is 23.4. The highest BCUT2D eigenvalue weighted by atomic mass is 28.4. The Balaban J connectivity index is 5.72. The van der Waals surface area contributed by atoms with E-state index in [0.29, 0.717) is 6.61 Å². The van der Waals surface area contributed by atoms with E-state index in [4.69, 9.17) is 9.16 Å². The molecular weight excluding hydrogens is 296 g/mol. The molecular formula is C15H34O2Si3. The molecule has 0 aromatic heterocycles. The lowest BCUT2D eigenvalue weighted by molar-refractivity contribution is 0.111. The van der Waals surface area contributed by atoms with Crippen LogP contribution in [-0.4, -0.2) is 31.1 Å². The largest absolute Gasteiger partial charge is 0.520 e. The smallest absolute Gasteiger partial charge is 0.264 e. The summed E-state index contributed by atoms with van der Waals surface area (Å²) in [4.78, 5) is 0. The van der Waals surface area contributed by atoms with Gasteiger partial charge >= 0.3 is 0 Å². The van der Waals surface area contributed by atoms with Crippen molar-refractivity contribution in [2.45, 2.75) is 65.8 Å². The lowest BCUT2D eigenvalue weighted by Gasteiger charge is -2.28. The second-order valence-electron chi connectivity index (χ2n) is 8.30. The minimum Gasteiger partial charge on any atom is -0.520 e. The van der Waals surface area contributed by atoms with Gasteiger partial charge in [0.05, 0.1) is 22.8 Å². The molecule has 0 aliphatic rings. The highest BCUT2D eigenvalue weighted by Crippen LogP contribution is 2.25. The summed E-state index contributed by atoms with van der Waals surface area (Å²) in [5.41, 5.74) is 2.40. The van der Waals surface area contributed by atoms with Crippen LogP contribution in [-0.2, 0) is 9.16 Å². The van der Waals surface area contributed by atoms with Gasteiger partial charge in [-0.1, -0.05) is 51.1 Å². The molecule has 0 aliphatic carbocycles. The van der Waals surface area contributed by atoms with Gasteiger partial charge in [0.2, 0.25) is 8.32 Å². The van der Waals surface area contributed by atoms with E-state index in [1.807, 2.05) is 6.92 Å². The molecule has 0 amide bonds. The van der Waals surface area contributed by atoms with Crippen LogP contribution in [0.2, 0.25) is 58.9 Å². The van der Waals surface area contributed by atoms with E-state index in [2.05, 4.69) is 70.7 Å².